The van der Waals surface area contributed by atoms with Gasteiger partial charge in [0, 0.05) is 5.56 Å². The summed E-state index contributed by atoms with van der Waals surface area (Å²) in [6.07, 6.45) is 0. The summed E-state index contributed by atoms with van der Waals surface area (Å²) in [7, 11) is 0. The second kappa shape index (κ2) is 3.82. The van der Waals surface area contributed by atoms with Crippen molar-refractivity contribution >= 4 is 11.3 Å². The minimum atomic E-state index is -0.545. The lowest BCUT2D eigenvalue weighted by Crippen LogP contribution is -2.13. The largest absolute Gasteiger partial charge is 0.487 e. The molecule has 2 aromatic rings. The van der Waals surface area contributed by atoms with E-state index in [0.717, 1.165) is 26.9 Å². The molecule has 0 unspecified atom stereocenters. The molecule has 1 aliphatic heterocycles. The van der Waals surface area contributed by atoms with Gasteiger partial charge in [-0.2, -0.15) is 5.26 Å². The first-order valence-corrected chi connectivity index (χ1v) is 6.57. The van der Waals surface area contributed by atoms with E-state index in [4.69, 9.17) is 4.74 Å². The number of hydrogen-bond donors (Lipinski definition) is 0. The Morgan fingerprint density at radius 3 is 2.94 bits per heavy atom. The van der Waals surface area contributed by atoms with Crippen LogP contribution < -0.4 is 4.74 Å². The smallest absolute Gasteiger partial charge is 0.129 e. The second-order valence-corrected chi connectivity index (χ2v) is 5.90. The van der Waals surface area contributed by atoms with Gasteiger partial charge in [0.05, 0.1) is 16.6 Å². The number of hydrogen-bond acceptors (Lipinski definition) is 4. The number of thiazole rings is 1. The fraction of sp³-hybridized carbons (Fsp3) is 0.286. The van der Waals surface area contributed by atoms with Crippen molar-refractivity contribution in [3.8, 4) is 23.1 Å². The van der Waals surface area contributed by atoms with Gasteiger partial charge in [-0.15, -0.1) is 11.3 Å². The molecule has 0 saturated heterocycles. The van der Waals surface area contributed by atoms with Gasteiger partial charge in [0.25, 0.3) is 0 Å². The number of nitriles is 1. The zero-order chi connectivity index (χ0) is 12.8. The Hall–Kier alpha value is -1.86. The first kappa shape index (κ1) is 11.2. The van der Waals surface area contributed by atoms with Gasteiger partial charge in [0.1, 0.15) is 22.8 Å². The van der Waals surface area contributed by atoms with E-state index in [1.165, 1.54) is 0 Å². The minimum Gasteiger partial charge on any atom is -0.487 e. The van der Waals surface area contributed by atoms with E-state index in [1.807, 2.05) is 38.1 Å². The number of nitrogens with zero attached hydrogens (tertiary/aromatic N) is 2. The predicted octanol–water partition coefficient (Wildman–Crippen LogP) is 3.50. The van der Waals surface area contributed by atoms with Crippen LogP contribution in [-0.4, -0.2) is 4.98 Å². The average Bonchev–Trinajstić information content (AvgIpc) is 2.84. The Labute approximate surface area is 110 Å². The molecular weight excluding hydrogens is 244 g/mol. The van der Waals surface area contributed by atoms with Gasteiger partial charge in [-0.25, -0.2) is 4.98 Å². The van der Waals surface area contributed by atoms with Crippen molar-refractivity contribution in [2.24, 2.45) is 0 Å². The molecule has 2 heterocycles. The molecule has 90 valence electrons. The molecule has 1 aliphatic rings. The van der Waals surface area contributed by atoms with Crippen LogP contribution in [0.25, 0.3) is 11.3 Å². The molecule has 0 radical (unpaired) electrons. The molecule has 0 spiro atoms. The topological polar surface area (TPSA) is 45.9 Å². The summed E-state index contributed by atoms with van der Waals surface area (Å²) in [5.41, 5.74) is 1.45. The molecule has 3 rings (SSSR count). The first-order chi connectivity index (χ1) is 8.62. The van der Waals surface area contributed by atoms with Crippen molar-refractivity contribution in [3.63, 3.8) is 0 Å². The fourth-order valence-corrected chi connectivity index (χ4v) is 2.95. The van der Waals surface area contributed by atoms with Gasteiger partial charge in [0.2, 0.25) is 0 Å². The Kier molecular flexibility index (Phi) is 2.39. The normalized spacial score (nSPS) is 13.2. The highest BCUT2D eigenvalue weighted by atomic mass is 32.1. The van der Waals surface area contributed by atoms with Crippen LogP contribution in [0.3, 0.4) is 0 Å². The summed E-state index contributed by atoms with van der Waals surface area (Å²) in [6.45, 7) is 4.33. The molecule has 1 aromatic carbocycles. The Bertz CT molecular complexity index is 652. The standard InChI is InChI=1S/C14H12N2OS/c1-14(2,8-15)13-16-12-9-5-3-4-6-10(9)17-7-11(12)18-13/h3-6H,7H2,1-2H3. The molecule has 18 heavy (non-hydrogen) atoms. The number of ether oxygens (including phenoxy) is 1. The SMILES string of the molecule is CC(C)(C#N)c1nc2c(s1)COc1ccccc1-2. The Morgan fingerprint density at radius 2 is 2.17 bits per heavy atom. The Balaban J connectivity index is 2.16. The van der Waals surface area contributed by atoms with E-state index >= 15 is 0 Å². The number of aromatic nitrogens is 1. The molecule has 0 atom stereocenters. The number of para-hydroxylation sites is 1. The van der Waals surface area contributed by atoms with Crippen LogP contribution in [0.4, 0.5) is 0 Å². The molecule has 0 aliphatic carbocycles. The van der Waals surface area contributed by atoms with E-state index in [-0.39, 0.29) is 0 Å². The molecule has 1 aromatic heterocycles. The second-order valence-electron chi connectivity index (χ2n) is 4.81. The van der Waals surface area contributed by atoms with Crippen molar-refractivity contribution in [3.05, 3.63) is 34.2 Å². The summed E-state index contributed by atoms with van der Waals surface area (Å²) in [5, 5.41) is 10.0. The maximum atomic E-state index is 9.19. The zero-order valence-electron chi connectivity index (χ0n) is 10.2. The van der Waals surface area contributed by atoms with Crippen molar-refractivity contribution in [2.45, 2.75) is 25.9 Å². The average molecular weight is 256 g/mol. The summed E-state index contributed by atoms with van der Waals surface area (Å²) in [4.78, 5) is 5.75. The third kappa shape index (κ3) is 1.59. The van der Waals surface area contributed by atoms with Gasteiger partial charge in [-0.05, 0) is 26.0 Å². The highest BCUT2D eigenvalue weighted by molar-refractivity contribution is 7.12. The third-order valence-corrected chi connectivity index (χ3v) is 4.37. The van der Waals surface area contributed by atoms with Gasteiger partial charge in [0.15, 0.2) is 0 Å². The molecule has 4 heteroatoms. The van der Waals surface area contributed by atoms with Gasteiger partial charge in [-0.1, -0.05) is 12.1 Å². The van der Waals surface area contributed by atoms with Crippen molar-refractivity contribution in [2.75, 3.05) is 0 Å². The van der Waals surface area contributed by atoms with Gasteiger partial charge < -0.3 is 4.74 Å². The highest BCUT2D eigenvalue weighted by Crippen LogP contribution is 2.41. The van der Waals surface area contributed by atoms with Crippen LogP contribution >= 0.6 is 11.3 Å². The van der Waals surface area contributed by atoms with Crippen LogP contribution in [0.15, 0.2) is 24.3 Å². The molecule has 0 bridgehead atoms. The van der Waals surface area contributed by atoms with E-state index in [9.17, 15) is 5.26 Å². The predicted molar refractivity (Wildman–Crippen MR) is 70.5 cm³/mol. The van der Waals surface area contributed by atoms with Crippen molar-refractivity contribution in [1.29, 1.82) is 5.26 Å². The van der Waals surface area contributed by atoms with E-state index < -0.39 is 5.41 Å². The van der Waals surface area contributed by atoms with E-state index in [0.29, 0.717) is 6.61 Å². The fourth-order valence-electron chi connectivity index (χ4n) is 1.91. The Morgan fingerprint density at radius 1 is 1.39 bits per heavy atom. The van der Waals surface area contributed by atoms with Crippen LogP contribution in [0, 0.1) is 11.3 Å². The summed E-state index contributed by atoms with van der Waals surface area (Å²) in [5.74, 6) is 0.872. The molecule has 0 fully saturated rings. The summed E-state index contributed by atoms with van der Waals surface area (Å²) >= 11 is 1.57. The van der Waals surface area contributed by atoms with Crippen LogP contribution in [-0.2, 0) is 12.0 Å². The van der Waals surface area contributed by atoms with Crippen molar-refractivity contribution < 1.29 is 4.74 Å². The van der Waals surface area contributed by atoms with Crippen LogP contribution in [0.5, 0.6) is 5.75 Å². The summed E-state index contributed by atoms with van der Waals surface area (Å²) in [6, 6.07) is 10.2. The van der Waals surface area contributed by atoms with Gasteiger partial charge in [-0.3, -0.25) is 0 Å². The lowest BCUT2D eigenvalue weighted by molar-refractivity contribution is 0.305. The molecule has 0 saturated carbocycles. The van der Waals surface area contributed by atoms with Crippen molar-refractivity contribution in [1.82, 2.24) is 4.98 Å². The molecule has 0 amide bonds. The van der Waals surface area contributed by atoms with Crippen LogP contribution in [0.1, 0.15) is 23.7 Å². The lowest BCUT2D eigenvalue weighted by atomic mass is 9.97. The molecule has 3 nitrogen and oxygen atoms in total. The monoisotopic (exact) mass is 256 g/mol. The van der Waals surface area contributed by atoms with E-state index in [1.54, 1.807) is 11.3 Å². The van der Waals surface area contributed by atoms with Gasteiger partial charge >= 0.3 is 0 Å². The number of rotatable bonds is 1. The number of fused-ring (bicyclic) bond motifs is 3. The highest BCUT2D eigenvalue weighted by Gasteiger charge is 2.29. The summed E-state index contributed by atoms with van der Waals surface area (Å²) < 4.78 is 5.70. The lowest BCUT2D eigenvalue weighted by Gasteiger charge is -2.15. The zero-order valence-corrected chi connectivity index (χ0v) is 11.0. The van der Waals surface area contributed by atoms with Crippen LogP contribution in [0.2, 0.25) is 0 Å². The molecular formula is C14H12N2OS. The van der Waals surface area contributed by atoms with E-state index in [2.05, 4.69) is 11.1 Å². The first-order valence-electron chi connectivity index (χ1n) is 5.75. The minimum absolute atomic E-state index is 0.545. The molecule has 0 N–H and O–H groups in total. The third-order valence-electron chi connectivity index (χ3n) is 3.01. The number of benzene rings is 1. The maximum absolute atomic E-state index is 9.19. The quantitative estimate of drug-likeness (QED) is 0.784. The maximum Gasteiger partial charge on any atom is 0.129 e.